The van der Waals surface area contributed by atoms with E-state index in [-0.39, 0.29) is 5.91 Å². The van der Waals surface area contributed by atoms with E-state index in [0.29, 0.717) is 17.0 Å². The van der Waals surface area contributed by atoms with E-state index in [2.05, 4.69) is 37.5 Å². The van der Waals surface area contributed by atoms with Gasteiger partial charge in [-0.15, -0.1) is 0 Å². The number of aromatic nitrogens is 3. The van der Waals surface area contributed by atoms with Crippen LogP contribution in [0.15, 0.2) is 64.5 Å². The molecule has 38 heavy (non-hydrogen) atoms. The van der Waals surface area contributed by atoms with Gasteiger partial charge in [-0.05, 0) is 118 Å². The van der Waals surface area contributed by atoms with Gasteiger partial charge in [-0.25, -0.2) is 4.39 Å². The maximum atomic E-state index is 13.8. The van der Waals surface area contributed by atoms with Crippen LogP contribution in [0.1, 0.15) is 53.5 Å². The Bertz CT molecular complexity index is 1440. The molecule has 0 atom stereocenters. The molecule has 1 fully saturated rings. The number of carbonyl (C=O) groups is 1. The monoisotopic (exact) mass is 529 g/mol. The fourth-order valence-electron chi connectivity index (χ4n) is 4.78. The summed E-state index contributed by atoms with van der Waals surface area (Å²) >= 11 is 1.42. The van der Waals surface area contributed by atoms with E-state index in [4.69, 9.17) is 0 Å². The number of aromatic amines is 1. The van der Waals surface area contributed by atoms with Crippen molar-refractivity contribution in [2.45, 2.75) is 42.4 Å². The highest BCUT2D eigenvalue weighted by atomic mass is 32.2. The molecule has 0 unspecified atom stereocenters. The fourth-order valence-corrected chi connectivity index (χ4v) is 5.74. The van der Waals surface area contributed by atoms with Gasteiger partial charge in [0.15, 0.2) is 0 Å². The van der Waals surface area contributed by atoms with Crippen molar-refractivity contribution in [1.29, 1.82) is 0 Å². The van der Waals surface area contributed by atoms with Gasteiger partial charge in [0.05, 0.1) is 22.5 Å². The minimum atomic E-state index is -0.432. The second kappa shape index (κ2) is 12.4. The molecule has 2 aromatic carbocycles. The second-order valence-electron chi connectivity index (χ2n) is 9.49. The maximum absolute atomic E-state index is 13.8. The van der Waals surface area contributed by atoms with E-state index < -0.39 is 5.82 Å². The number of nitrogens with one attached hydrogen (secondary N) is 2. The third-order valence-electron chi connectivity index (χ3n) is 6.71. The third-order valence-corrected chi connectivity index (χ3v) is 7.78. The number of halogens is 1. The molecule has 2 N–H and O–H groups in total. The van der Waals surface area contributed by atoms with E-state index in [1.807, 2.05) is 43.5 Å². The van der Waals surface area contributed by atoms with Gasteiger partial charge in [-0.1, -0.05) is 11.8 Å². The first-order chi connectivity index (χ1) is 18.6. The Balaban J connectivity index is 1.27. The zero-order chi connectivity index (χ0) is 26.3. The molecular formula is C30H32FN5OS. The van der Waals surface area contributed by atoms with Crippen LogP contribution in [0.3, 0.4) is 0 Å². The molecule has 2 aromatic heterocycles. The summed E-state index contributed by atoms with van der Waals surface area (Å²) in [4.78, 5) is 21.1. The van der Waals surface area contributed by atoms with Crippen LogP contribution in [0, 0.1) is 5.82 Å². The van der Waals surface area contributed by atoms with Crippen molar-refractivity contribution in [3.8, 4) is 0 Å². The van der Waals surface area contributed by atoms with E-state index in [1.54, 1.807) is 6.07 Å². The molecule has 5 rings (SSSR count). The number of hydrogen-bond donors (Lipinski definition) is 2. The van der Waals surface area contributed by atoms with Gasteiger partial charge < -0.3 is 10.2 Å². The van der Waals surface area contributed by atoms with Crippen LogP contribution in [0.2, 0.25) is 0 Å². The van der Waals surface area contributed by atoms with Gasteiger partial charge in [0.1, 0.15) is 5.82 Å². The van der Waals surface area contributed by atoms with Gasteiger partial charge in [0.2, 0.25) is 0 Å². The number of amides is 1. The predicted molar refractivity (Wildman–Crippen MR) is 152 cm³/mol. The minimum Gasteiger partial charge on any atom is -0.352 e. The molecule has 0 spiro atoms. The normalized spacial score (nSPS) is 14.1. The quantitative estimate of drug-likeness (QED) is 0.256. The lowest BCUT2D eigenvalue weighted by atomic mass is 10.1. The lowest BCUT2D eigenvalue weighted by Gasteiger charge is -2.13. The van der Waals surface area contributed by atoms with Crippen molar-refractivity contribution >= 4 is 40.7 Å². The number of hydrogen-bond acceptors (Lipinski definition) is 5. The Morgan fingerprint density at radius 1 is 1.13 bits per heavy atom. The SMILES string of the molecule is CCNC(=O)c1cc(F)ccc1Sc1ccc2c(/C=C/c3cc(CCCN4CCCC4)ccn3)n[nH]c2c1. The van der Waals surface area contributed by atoms with Crippen LogP contribution in [0.5, 0.6) is 0 Å². The van der Waals surface area contributed by atoms with E-state index >= 15 is 0 Å². The Hall–Kier alpha value is -3.49. The molecule has 1 saturated heterocycles. The number of nitrogens with zero attached hydrogens (tertiary/aromatic N) is 3. The second-order valence-corrected chi connectivity index (χ2v) is 10.6. The molecular weight excluding hydrogens is 497 g/mol. The number of likely N-dealkylation sites (tertiary alicyclic amines) is 1. The Morgan fingerprint density at radius 2 is 2.00 bits per heavy atom. The lowest BCUT2D eigenvalue weighted by molar-refractivity contribution is 0.0952. The Morgan fingerprint density at radius 3 is 2.84 bits per heavy atom. The van der Waals surface area contributed by atoms with E-state index in [9.17, 15) is 9.18 Å². The molecule has 1 amide bonds. The smallest absolute Gasteiger partial charge is 0.252 e. The number of aryl methyl sites for hydroxylation is 1. The van der Waals surface area contributed by atoms with Crippen molar-refractivity contribution in [2.24, 2.45) is 0 Å². The summed E-state index contributed by atoms with van der Waals surface area (Å²) < 4.78 is 13.8. The molecule has 0 radical (unpaired) electrons. The van der Waals surface area contributed by atoms with E-state index in [1.165, 1.54) is 68.4 Å². The highest BCUT2D eigenvalue weighted by Crippen LogP contribution is 2.33. The summed E-state index contributed by atoms with van der Waals surface area (Å²) in [5.41, 5.74) is 4.28. The highest BCUT2D eigenvalue weighted by molar-refractivity contribution is 7.99. The molecule has 8 heteroatoms. The summed E-state index contributed by atoms with van der Waals surface area (Å²) in [6.07, 6.45) is 10.7. The first-order valence-corrected chi connectivity index (χ1v) is 14.0. The molecule has 0 aliphatic carbocycles. The number of carbonyl (C=O) groups excluding carboxylic acids is 1. The summed E-state index contributed by atoms with van der Waals surface area (Å²) in [5, 5.41) is 11.3. The molecule has 0 bridgehead atoms. The minimum absolute atomic E-state index is 0.284. The standard InChI is InChI=1S/C30H32FN5OS/c1-2-32-30(37)26-19-22(31)7-12-29(26)38-24-9-10-25-27(34-35-28(25)20-24)11-8-23-18-21(13-14-33-23)6-5-17-36-15-3-4-16-36/h7-14,18-20H,2-6,15-17H2,1H3,(H,32,37)(H,34,35)/b11-8+. The number of fused-ring (bicyclic) bond motifs is 1. The fraction of sp³-hybridized carbons (Fsp3) is 0.300. The van der Waals surface area contributed by atoms with Crippen LogP contribution in [0.25, 0.3) is 23.1 Å². The number of H-pyrrole nitrogens is 1. The van der Waals surface area contributed by atoms with Crippen LogP contribution >= 0.6 is 11.8 Å². The first-order valence-electron chi connectivity index (χ1n) is 13.2. The van der Waals surface area contributed by atoms with Crippen LogP contribution in [-0.4, -0.2) is 52.2 Å². The number of rotatable bonds is 10. The average Bonchev–Trinajstić information content (AvgIpc) is 3.59. The topological polar surface area (TPSA) is 73.9 Å². The molecule has 6 nitrogen and oxygen atoms in total. The molecule has 196 valence electrons. The Kier molecular flexibility index (Phi) is 8.51. The van der Waals surface area contributed by atoms with Crippen LogP contribution in [-0.2, 0) is 6.42 Å². The van der Waals surface area contributed by atoms with Crippen molar-refractivity contribution in [3.05, 3.63) is 83.1 Å². The lowest BCUT2D eigenvalue weighted by Crippen LogP contribution is -2.23. The molecule has 1 aliphatic heterocycles. The van der Waals surface area contributed by atoms with E-state index in [0.717, 1.165) is 33.6 Å². The first kappa shape index (κ1) is 26.1. The van der Waals surface area contributed by atoms with Gasteiger partial charge >= 0.3 is 0 Å². The van der Waals surface area contributed by atoms with Gasteiger partial charge in [0, 0.05) is 27.9 Å². The number of pyridine rings is 1. The van der Waals surface area contributed by atoms with Gasteiger partial charge in [0.25, 0.3) is 5.91 Å². The molecule has 0 saturated carbocycles. The zero-order valence-corrected chi connectivity index (χ0v) is 22.4. The zero-order valence-electron chi connectivity index (χ0n) is 21.5. The van der Waals surface area contributed by atoms with Crippen LogP contribution < -0.4 is 5.32 Å². The maximum Gasteiger partial charge on any atom is 0.252 e. The molecule has 3 heterocycles. The van der Waals surface area contributed by atoms with Gasteiger partial charge in [-0.3, -0.25) is 14.9 Å². The number of benzene rings is 2. The van der Waals surface area contributed by atoms with Crippen molar-refractivity contribution in [3.63, 3.8) is 0 Å². The molecule has 4 aromatic rings. The third kappa shape index (κ3) is 6.49. The average molecular weight is 530 g/mol. The summed E-state index contributed by atoms with van der Waals surface area (Å²) in [7, 11) is 0. The predicted octanol–water partition coefficient (Wildman–Crippen LogP) is 6.20. The largest absolute Gasteiger partial charge is 0.352 e. The van der Waals surface area contributed by atoms with Crippen molar-refractivity contribution in [1.82, 2.24) is 25.4 Å². The van der Waals surface area contributed by atoms with Crippen LogP contribution in [0.4, 0.5) is 4.39 Å². The van der Waals surface area contributed by atoms with Gasteiger partial charge in [-0.2, -0.15) is 5.10 Å². The highest BCUT2D eigenvalue weighted by Gasteiger charge is 2.14. The summed E-state index contributed by atoms with van der Waals surface area (Å²) in [6.45, 7) is 5.97. The van der Waals surface area contributed by atoms with Crippen molar-refractivity contribution in [2.75, 3.05) is 26.2 Å². The van der Waals surface area contributed by atoms with Crippen molar-refractivity contribution < 1.29 is 9.18 Å². The summed E-state index contributed by atoms with van der Waals surface area (Å²) in [5.74, 6) is -0.716. The molecule has 1 aliphatic rings. The summed E-state index contributed by atoms with van der Waals surface area (Å²) in [6, 6.07) is 14.5. The Labute approximate surface area is 226 Å².